The lowest BCUT2D eigenvalue weighted by atomic mass is 9.67. The van der Waals surface area contributed by atoms with Crippen molar-refractivity contribution < 1.29 is 23.1 Å². The first-order valence-corrected chi connectivity index (χ1v) is 11.0. The van der Waals surface area contributed by atoms with Crippen molar-refractivity contribution in [1.29, 1.82) is 0 Å². The molecule has 1 saturated heterocycles. The summed E-state index contributed by atoms with van der Waals surface area (Å²) in [6, 6.07) is 1.98. The molecule has 0 spiro atoms. The summed E-state index contributed by atoms with van der Waals surface area (Å²) in [5.74, 6) is -2.92. The number of aryl methyl sites for hydroxylation is 1. The SMILES string of the molecule is Cc1sc(N(C(=O)C2CCCO2)c2cc(F)nc(F)c2)nc1C(=O)NC1CCC1(C)C. The van der Waals surface area contributed by atoms with Gasteiger partial charge in [0.1, 0.15) is 11.8 Å². The number of halogens is 2. The fraction of sp³-hybridized carbons (Fsp3) is 0.524. The maximum Gasteiger partial charge on any atom is 0.271 e. The summed E-state index contributed by atoms with van der Waals surface area (Å²) in [6.07, 6.45) is 2.40. The number of amides is 2. The lowest BCUT2D eigenvalue weighted by Gasteiger charge is -2.44. The molecule has 2 amide bonds. The molecule has 0 bridgehead atoms. The van der Waals surface area contributed by atoms with E-state index in [1.165, 1.54) is 0 Å². The summed E-state index contributed by atoms with van der Waals surface area (Å²) in [4.78, 5) is 35.2. The van der Waals surface area contributed by atoms with Gasteiger partial charge in [-0.15, -0.1) is 11.3 Å². The lowest BCUT2D eigenvalue weighted by Crippen LogP contribution is -2.52. The highest BCUT2D eigenvalue weighted by atomic mass is 32.1. The fourth-order valence-corrected chi connectivity index (χ4v) is 4.81. The topological polar surface area (TPSA) is 84.4 Å². The molecule has 7 nitrogen and oxygen atoms in total. The van der Waals surface area contributed by atoms with Gasteiger partial charge in [0.2, 0.25) is 11.9 Å². The van der Waals surface area contributed by atoms with E-state index in [0.717, 1.165) is 41.2 Å². The molecular weight excluding hydrogens is 426 g/mol. The van der Waals surface area contributed by atoms with Gasteiger partial charge in [0.05, 0.1) is 5.69 Å². The minimum Gasteiger partial charge on any atom is -0.368 e. The van der Waals surface area contributed by atoms with Crippen LogP contribution in [0.3, 0.4) is 0 Å². The molecule has 1 saturated carbocycles. The van der Waals surface area contributed by atoms with Crippen LogP contribution in [0.15, 0.2) is 12.1 Å². The molecule has 10 heteroatoms. The van der Waals surface area contributed by atoms with Crippen LogP contribution in [0.25, 0.3) is 0 Å². The van der Waals surface area contributed by atoms with Crippen molar-refractivity contribution in [3.05, 3.63) is 34.6 Å². The van der Waals surface area contributed by atoms with Crippen LogP contribution in [-0.2, 0) is 9.53 Å². The highest BCUT2D eigenvalue weighted by Crippen LogP contribution is 2.40. The summed E-state index contributed by atoms with van der Waals surface area (Å²) in [7, 11) is 0. The van der Waals surface area contributed by atoms with Gasteiger partial charge in [-0.3, -0.25) is 14.5 Å². The molecule has 2 atom stereocenters. The summed E-state index contributed by atoms with van der Waals surface area (Å²) in [6.45, 7) is 6.35. The van der Waals surface area contributed by atoms with E-state index < -0.39 is 23.9 Å². The second kappa shape index (κ2) is 8.23. The van der Waals surface area contributed by atoms with E-state index >= 15 is 0 Å². The number of rotatable bonds is 5. The zero-order chi connectivity index (χ0) is 22.3. The van der Waals surface area contributed by atoms with Crippen LogP contribution in [0.1, 0.15) is 54.9 Å². The smallest absolute Gasteiger partial charge is 0.271 e. The average Bonchev–Trinajstić information content (AvgIpc) is 3.35. The largest absolute Gasteiger partial charge is 0.368 e. The number of thiazole rings is 1. The van der Waals surface area contributed by atoms with Gasteiger partial charge >= 0.3 is 0 Å². The Labute approximate surface area is 182 Å². The highest BCUT2D eigenvalue weighted by Gasteiger charge is 2.40. The Kier molecular flexibility index (Phi) is 5.78. The Bertz CT molecular complexity index is 1000. The van der Waals surface area contributed by atoms with Crippen LogP contribution >= 0.6 is 11.3 Å². The van der Waals surface area contributed by atoms with Gasteiger partial charge in [0.25, 0.3) is 11.8 Å². The lowest BCUT2D eigenvalue weighted by molar-refractivity contribution is -0.126. The minimum atomic E-state index is -1.06. The molecule has 166 valence electrons. The maximum atomic E-state index is 13.8. The summed E-state index contributed by atoms with van der Waals surface area (Å²) in [5.41, 5.74) is 0.172. The third-order valence-corrected chi connectivity index (χ3v) is 6.90. The van der Waals surface area contributed by atoms with E-state index in [9.17, 15) is 18.4 Å². The molecule has 1 aliphatic heterocycles. The van der Waals surface area contributed by atoms with Gasteiger partial charge in [-0.1, -0.05) is 13.8 Å². The zero-order valence-electron chi connectivity index (χ0n) is 17.6. The van der Waals surface area contributed by atoms with Crippen LogP contribution in [-0.4, -0.2) is 40.5 Å². The van der Waals surface area contributed by atoms with Crippen molar-refractivity contribution in [2.45, 2.75) is 58.6 Å². The number of carbonyl (C=O) groups is 2. The fourth-order valence-electron chi connectivity index (χ4n) is 3.88. The van der Waals surface area contributed by atoms with Gasteiger partial charge in [-0.25, -0.2) is 4.98 Å². The van der Waals surface area contributed by atoms with Crippen molar-refractivity contribution in [3.63, 3.8) is 0 Å². The summed E-state index contributed by atoms with van der Waals surface area (Å²) in [5, 5.41) is 3.16. The Morgan fingerprint density at radius 2 is 1.94 bits per heavy atom. The number of anilines is 2. The normalized spacial score (nSPS) is 22.1. The van der Waals surface area contributed by atoms with Crippen LogP contribution in [0.2, 0.25) is 0 Å². The number of carbonyl (C=O) groups excluding carboxylic acids is 2. The van der Waals surface area contributed by atoms with Crippen molar-refractivity contribution >= 4 is 34.0 Å². The molecule has 2 aromatic heterocycles. The van der Waals surface area contributed by atoms with E-state index in [1.807, 2.05) is 0 Å². The molecule has 1 N–H and O–H groups in total. The third kappa shape index (κ3) is 4.31. The van der Waals surface area contributed by atoms with E-state index in [2.05, 4.69) is 29.1 Å². The maximum absolute atomic E-state index is 13.8. The first-order valence-electron chi connectivity index (χ1n) is 10.2. The molecule has 1 aliphatic carbocycles. The van der Waals surface area contributed by atoms with Crippen molar-refractivity contribution in [1.82, 2.24) is 15.3 Å². The first kappa shape index (κ1) is 21.8. The molecular formula is C21H24F2N4O3S. The standard InChI is InChI=1S/C21H24F2N4O3S/c1-11-17(18(28)24-14-6-7-21(14,2)3)26-20(31-11)27(19(29)13-5-4-8-30-13)12-9-15(22)25-16(23)10-12/h9-10,13-14H,4-8H2,1-3H3,(H,24,28). The third-order valence-electron chi connectivity index (χ3n) is 5.95. The predicted molar refractivity (Wildman–Crippen MR) is 111 cm³/mol. The molecule has 2 aromatic rings. The van der Waals surface area contributed by atoms with Crippen molar-refractivity contribution in [3.8, 4) is 0 Å². The molecule has 0 radical (unpaired) electrons. The predicted octanol–water partition coefficient (Wildman–Crippen LogP) is 3.89. The van der Waals surface area contributed by atoms with Crippen LogP contribution < -0.4 is 10.2 Å². The van der Waals surface area contributed by atoms with Crippen LogP contribution in [0, 0.1) is 24.2 Å². The molecule has 0 aromatic carbocycles. The second-order valence-electron chi connectivity index (χ2n) is 8.60. The first-order chi connectivity index (χ1) is 14.7. The number of nitrogens with zero attached hydrogens (tertiary/aromatic N) is 3. The molecule has 4 rings (SSSR count). The molecule has 3 heterocycles. The number of aromatic nitrogens is 2. The van der Waals surface area contributed by atoms with Crippen molar-refractivity contribution in [2.75, 3.05) is 11.5 Å². The summed E-state index contributed by atoms with van der Waals surface area (Å²) >= 11 is 1.11. The Hall–Kier alpha value is -2.46. The van der Waals surface area contributed by atoms with Gasteiger partial charge in [0, 0.05) is 29.7 Å². The van der Waals surface area contributed by atoms with Crippen LogP contribution in [0.5, 0.6) is 0 Å². The van der Waals surface area contributed by atoms with E-state index in [4.69, 9.17) is 4.74 Å². The quantitative estimate of drug-likeness (QED) is 0.699. The molecule has 2 fully saturated rings. The van der Waals surface area contributed by atoms with Gasteiger partial charge in [-0.05, 0) is 38.0 Å². The number of hydrogen-bond donors (Lipinski definition) is 1. The summed E-state index contributed by atoms with van der Waals surface area (Å²) < 4.78 is 33.1. The second-order valence-corrected chi connectivity index (χ2v) is 9.78. The highest BCUT2D eigenvalue weighted by molar-refractivity contribution is 7.16. The van der Waals surface area contributed by atoms with Crippen molar-refractivity contribution in [2.24, 2.45) is 5.41 Å². The molecule has 2 unspecified atom stereocenters. The van der Waals surface area contributed by atoms with E-state index in [-0.39, 0.29) is 33.9 Å². The number of hydrogen-bond acceptors (Lipinski definition) is 6. The zero-order valence-corrected chi connectivity index (χ0v) is 18.4. The van der Waals surface area contributed by atoms with E-state index in [1.54, 1.807) is 6.92 Å². The molecule has 2 aliphatic rings. The Morgan fingerprint density at radius 1 is 1.23 bits per heavy atom. The average molecular weight is 451 g/mol. The number of ether oxygens (including phenoxy) is 1. The van der Waals surface area contributed by atoms with Crippen LogP contribution in [0.4, 0.5) is 19.6 Å². The Morgan fingerprint density at radius 3 is 2.48 bits per heavy atom. The van der Waals surface area contributed by atoms with E-state index in [0.29, 0.717) is 24.3 Å². The van der Waals surface area contributed by atoms with Gasteiger partial charge < -0.3 is 10.1 Å². The monoisotopic (exact) mass is 450 g/mol. The van der Waals surface area contributed by atoms with Gasteiger partial charge in [0.15, 0.2) is 5.13 Å². The number of pyridine rings is 1. The Balaban J connectivity index is 1.67. The van der Waals surface area contributed by atoms with Gasteiger partial charge in [-0.2, -0.15) is 13.8 Å². The number of nitrogens with one attached hydrogen (secondary N) is 1. The minimum absolute atomic E-state index is 0.0241. The molecule has 31 heavy (non-hydrogen) atoms.